The van der Waals surface area contributed by atoms with Crippen molar-refractivity contribution >= 4 is 6.09 Å². The predicted octanol–water partition coefficient (Wildman–Crippen LogP) is 2.91. The first-order valence-electron chi connectivity index (χ1n) is 7.18. The van der Waals surface area contributed by atoms with Gasteiger partial charge in [0, 0.05) is 19.4 Å². The van der Waals surface area contributed by atoms with Gasteiger partial charge in [-0.1, -0.05) is 0 Å². The fourth-order valence-corrected chi connectivity index (χ4v) is 2.50. The molecule has 1 fully saturated rings. The summed E-state index contributed by atoms with van der Waals surface area (Å²) >= 11 is 0. The molecule has 1 saturated carbocycles. The molecule has 0 bridgehead atoms. The molecule has 1 atom stereocenters. The van der Waals surface area contributed by atoms with Gasteiger partial charge in [-0.25, -0.2) is 13.6 Å². The molecule has 0 aliphatic heterocycles. The number of alkyl halides is 2. The fourth-order valence-electron chi connectivity index (χ4n) is 2.50. The molecule has 1 aliphatic carbocycles. The van der Waals surface area contributed by atoms with Gasteiger partial charge in [-0.2, -0.15) is 0 Å². The molecule has 0 aromatic heterocycles. The van der Waals surface area contributed by atoms with Gasteiger partial charge >= 0.3 is 6.09 Å². The summed E-state index contributed by atoms with van der Waals surface area (Å²) in [4.78, 5) is 11.6. The van der Waals surface area contributed by atoms with E-state index in [-0.39, 0.29) is 24.7 Å². The van der Waals surface area contributed by atoms with Crippen molar-refractivity contribution in [2.75, 3.05) is 13.1 Å². The lowest BCUT2D eigenvalue weighted by Crippen LogP contribution is -2.41. The normalized spacial score (nSPS) is 21.3. The highest BCUT2D eigenvalue weighted by atomic mass is 19.3. The van der Waals surface area contributed by atoms with Crippen molar-refractivity contribution in [3.63, 3.8) is 0 Å². The van der Waals surface area contributed by atoms with E-state index in [0.717, 1.165) is 0 Å². The van der Waals surface area contributed by atoms with Crippen molar-refractivity contribution in [3.05, 3.63) is 0 Å². The maximum absolute atomic E-state index is 13.1. The van der Waals surface area contributed by atoms with Crippen molar-refractivity contribution < 1.29 is 18.3 Å². The van der Waals surface area contributed by atoms with Gasteiger partial charge in [0.25, 0.3) is 0 Å². The Morgan fingerprint density at radius 3 is 2.40 bits per heavy atom. The third-order valence-electron chi connectivity index (χ3n) is 3.64. The molecule has 0 aromatic carbocycles. The van der Waals surface area contributed by atoms with Crippen LogP contribution in [0.4, 0.5) is 13.6 Å². The molecule has 1 rings (SSSR count). The van der Waals surface area contributed by atoms with Crippen LogP contribution in [0.15, 0.2) is 0 Å². The number of hydrogen-bond acceptors (Lipinski definition) is 3. The monoisotopic (exact) mass is 292 g/mol. The fraction of sp³-hybridized carbons (Fsp3) is 0.929. The second-order valence-electron chi connectivity index (χ2n) is 6.57. The summed E-state index contributed by atoms with van der Waals surface area (Å²) in [5.41, 5.74) is 5.16. The first kappa shape index (κ1) is 17.1. The predicted molar refractivity (Wildman–Crippen MR) is 73.7 cm³/mol. The Morgan fingerprint density at radius 1 is 1.40 bits per heavy atom. The summed E-state index contributed by atoms with van der Waals surface area (Å²) in [5.74, 6) is -2.36. The van der Waals surface area contributed by atoms with Crippen molar-refractivity contribution in [1.82, 2.24) is 5.32 Å². The van der Waals surface area contributed by atoms with E-state index in [1.807, 2.05) is 0 Å². The summed E-state index contributed by atoms with van der Waals surface area (Å²) in [6.45, 7) is 6.12. The van der Waals surface area contributed by atoms with Crippen molar-refractivity contribution in [2.24, 2.45) is 17.6 Å². The number of halogens is 2. The summed E-state index contributed by atoms with van der Waals surface area (Å²) in [5, 5.41) is 2.68. The van der Waals surface area contributed by atoms with E-state index in [4.69, 9.17) is 10.5 Å². The van der Waals surface area contributed by atoms with E-state index in [0.29, 0.717) is 25.9 Å². The largest absolute Gasteiger partial charge is 0.444 e. The lowest BCUT2D eigenvalue weighted by Gasteiger charge is -2.33. The standard InChI is InChI=1S/C14H26F2N2O2/c1-13(2,3)20-12(19)18-9-11(8-17)10-4-6-14(15,16)7-5-10/h10-11H,4-9,17H2,1-3H3,(H,18,19). The van der Waals surface area contributed by atoms with Gasteiger partial charge in [0.15, 0.2) is 0 Å². The molecule has 20 heavy (non-hydrogen) atoms. The first-order valence-corrected chi connectivity index (χ1v) is 7.18. The number of ether oxygens (including phenoxy) is 1. The highest BCUT2D eigenvalue weighted by Gasteiger charge is 2.37. The molecule has 1 aliphatic rings. The molecule has 0 aromatic rings. The molecule has 3 N–H and O–H groups in total. The first-order chi connectivity index (χ1) is 9.13. The van der Waals surface area contributed by atoms with Crippen LogP contribution in [0.3, 0.4) is 0 Å². The van der Waals surface area contributed by atoms with Crippen molar-refractivity contribution in [3.8, 4) is 0 Å². The zero-order valence-electron chi connectivity index (χ0n) is 12.5. The molecule has 118 valence electrons. The number of nitrogens with two attached hydrogens (primary N) is 1. The molecule has 0 saturated heterocycles. The van der Waals surface area contributed by atoms with Gasteiger partial charge < -0.3 is 15.8 Å². The summed E-state index contributed by atoms with van der Waals surface area (Å²) < 4.78 is 31.4. The van der Waals surface area contributed by atoms with Crippen LogP contribution in [0.25, 0.3) is 0 Å². The van der Waals surface area contributed by atoms with E-state index in [9.17, 15) is 13.6 Å². The molecular formula is C14H26F2N2O2. The average molecular weight is 292 g/mol. The summed E-state index contributed by atoms with van der Waals surface area (Å²) in [6, 6.07) is 0. The van der Waals surface area contributed by atoms with Crippen LogP contribution in [0.1, 0.15) is 46.5 Å². The van der Waals surface area contributed by atoms with Crippen LogP contribution in [0, 0.1) is 11.8 Å². The third-order valence-corrected chi connectivity index (χ3v) is 3.64. The molecule has 0 spiro atoms. The van der Waals surface area contributed by atoms with Gasteiger partial charge in [-0.15, -0.1) is 0 Å². The smallest absolute Gasteiger partial charge is 0.407 e. The molecule has 6 heteroatoms. The van der Waals surface area contributed by atoms with E-state index < -0.39 is 17.6 Å². The number of nitrogens with one attached hydrogen (secondary N) is 1. The Kier molecular flexibility index (Phi) is 5.74. The number of rotatable bonds is 4. The lowest BCUT2D eigenvalue weighted by atomic mass is 9.78. The zero-order valence-corrected chi connectivity index (χ0v) is 12.5. The summed E-state index contributed by atoms with van der Waals surface area (Å²) in [6.07, 6.45) is 0.272. The van der Waals surface area contributed by atoms with Crippen molar-refractivity contribution in [2.45, 2.75) is 58.0 Å². The van der Waals surface area contributed by atoms with Crippen LogP contribution in [0.2, 0.25) is 0 Å². The molecule has 0 heterocycles. The number of alkyl carbamates (subject to hydrolysis) is 1. The quantitative estimate of drug-likeness (QED) is 0.837. The molecule has 4 nitrogen and oxygen atoms in total. The van der Waals surface area contributed by atoms with Gasteiger partial charge in [0.2, 0.25) is 5.92 Å². The Morgan fingerprint density at radius 2 is 1.95 bits per heavy atom. The average Bonchev–Trinajstić information content (AvgIpc) is 2.29. The molecular weight excluding hydrogens is 266 g/mol. The second kappa shape index (κ2) is 6.70. The number of hydrogen-bond donors (Lipinski definition) is 2. The van der Waals surface area contributed by atoms with Crippen LogP contribution in [0.5, 0.6) is 0 Å². The zero-order chi connectivity index (χ0) is 15.4. The SMILES string of the molecule is CC(C)(C)OC(=O)NCC(CN)C1CCC(F)(F)CC1. The van der Waals surface area contributed by atoms with Crippen LogP contribution in [-0.4, -0.2) is 30.7 Å². The minimum atomic E-state index is -2.53. The Labute approximate surface area is 119 Å². The summed E-state index contributed by atoms with van der Waals surface area (Å²) in [7, 11) is 0. The van der Waals surface area contributed by atoms with E-state index in [1.54, 1.807) is 20.8 Å². The number of carbonyl (C=O) groups excluding carboxylic acids is 1. The molecule has 1 unspecified atom stereocenters. The van der Waals surface area contributed by atoms with Gasteiger partial charge in [-0.3, -0.25) is 0 Å². The van der Waals surface area contributed by atoms with E-state index >= 15 is 0 Å². The number of carbonyl (C=O) groups is 1. The van der Waals surface area contributed by atoms with Crippen LogP contribution >= 0.6 is 0 Å². The lowest BCUT2D eigenvalue weighted by molar-refractivity contribution is -0.0518. The molecule has 0 radical (unpaired) electrons. The Hall–Kier alpha value is -0.910. The molecule has 1 amide bonds. The van der Waals surface area contributed by atoms with Gasteiger partial charge in [-0.05, 0) is 52.0 Å². The Bertz CT molecular complexity index is 320. The number of amides is 1. The van der Waals surface area contributed by atoms with E-state index in [1.165, 1.54) is 0 Å². The highest BCUT2D eigenvalue weighted by molar-refractivity contribution is 5.67. The minimum absolute atomic E-state index is 0.0265. The minimum Gasteiger partial charge on any atom is -0.444 e. The topological polar surface area (TPSA) is 64.3 Å². The van der Waals surface area contributed by atoms with Gasteiger partial charge in [0.05, 0.1) is 0 Å². The maximum Gasteiger partial charge on any atom is 0.407 e. The third kappa shape index (κ3) is 6.03. The van der Waals surface area contributed by atoms with Crippen LogP contribution < -0.4 is 11.1 Å². The second-order valence-corrected chi connectivity index (χ2v) is 6.57. The van der Waals surface area contributed by atoms with Crippen LogP contribution in [-0.2, 0) is 4.74 Å². The maximum atomic E-state index is 13.1. The van der Waals surface area contributed by atoms with Crippen molar-refractivity contribution in [1.29, 1.82) is 0 Å². The van der Waals surface area contributed by atoms with Gasteiger partial charge in [0.1, 0.15) is 5.60 Å². The van der Waals surface area contributed by atoms with E-state index in [2.05, 4.69) is 5.32 Å². The highest BCUT2D eigenvalue weighted by Crippen LogP contribution is 2.38. The Balaban J connectivity index is 2.39.